The summed E-state index contributed by atoms with van der Waals surface area (Å²) in [5.41, 5.74) is -0.366. The highest BCUT2D eigenvalue weighted by Gasteiger charge is 2.42. The Balaban J connectivity index is 1.80. The van der Waals surface area contributed by atoms with Crippen molar-refractivity contribution in [2.24, 2.45) is 7.05 Å². The van der Waals surface area contributed by atoms with Crippen molar-refractivity contribution < 1.29 is 27.8 Å². The number of fused-ring (bicyclic) bond motifs is 1. The minimum atomic E-state index is -4.85. The van der Waals surface area contributed by atoms with Crippen molar-refractivity contribution in [2.75, 3.05) is 6.61 Å². The van der Waals surface area contributed by atoms with Gasteiger partial charge in [-0.25, -0.2) is 9.97 Å². The average Bonchev–Trinajstić information content (AvgIpc) is 3.35. The summed E-state index contributed by atoms with van der Waals surface area (Å²) in [6.45, 7) is 5.40. The number of ether oxygens (including phenoxy) is 2. The minimum Gasteiger partial charge on any atom is -0.475 e. The lowest BCUT2D eigenvalue weighted by atomic mass is 9.83. The monoisotopic (exact) mass is 548 g/mol. The number of alkyl halides is 3. The highest BCUT2D eigenvalue weighted by atomic mass is 19.4. The number of aliphatic hydroxyl groups is 1. The zero-order valence-corrected chi connectivity index (χ0v) is 22.3. The van der Waals surface area contributed by atoms with E-state index < -0.39 is 23.1 Å². The average molecular weight is 549 g/mol. The number of benzene rings is 2. The number of hydrogen-bond acceptors (Lipinski definition) is 6. The second-order valence-corrected chi connectivity index (χ2v) is 9.49. The summed E-state index contributed by atoms with van der Waals surface area (Å²) in [7, 11) is 1.69. The van der Waals surface area contributed by atoms with E-state index in [1.165, 1.54) is 30.9 Å². The molecule has 0 aliphatic carbocycles. The standard InChI is InChI=1S/C30H27F3N4O3/c1-5-39-28-27(40-22-11-6-18(2)7-12-22)26(30(31,32)33)23-14-20(10-13-24(23)36-28)29(38,25-16-34-17-37(25)4)21-9-8-19(3)35-15-21/h6-17,38H,5H2,1-4H3. The maximum Gasteiger partial charge on any atom is 0.420 e. The normalized spacial score (nSPS) is 13.3. The van der Waals surface area contributed by atoms with Crippen LogP contribution < -0.4 is 9.47 Å². The van der Waals surface area contributed by atoms with Gasteiger partial charge in [-0.1, -0.05) is 29.8 Å². The summed E-state index contributed by atoms with van der Waals surface area (Å²) in [5, 5.41) is 12.0. The number of nitrogens with zero attached hydrogens (tertiary/aromatic N) is 4. The van der Waals surface area contributed by atoms with Crippen molar-refractivity contribution in [2.45, 2.75) is 32.5 Å². The summed E-state index contributed by atoms with van der Waals surface area (Å²) < 4.78 is 57.5. The molecular weight excluding hydrogens is 521 g/mol. The Bertz CT molecular complexity index is 1670. The number of hydrogen-bond donors (Lipinski definition) is 1. The van der Waals surface area contributed by atoms with Gasteiger partial charge in [0.05, 0.1) is 30.3 Å². The Morgan fingerprint density at radius 3 is 2.27 bits per heavy atom. The van der Waals surface area contributed by atoms with Gasteiger partial charge in [0.1, 0.15) is 11.3 Å². The fraction of sp³-hybridized carbons (Fsp3) is 0.233. The summed E-state index contributed by atoms with van der Waals surface area (Å²) in [4.78, 5) is 12.8. The Labute approximate surface area is 228 Å². The lowest BCUT2D eigenvalue weighted by molar-refractivity contribution is -0.137. The fourth-order valence-corrected chi connectivity index (χ4v) is 4.63. The van der Waals surface area contributed by atoms with Gasteiger partial charge in [0.25, 0.3) is 5.88 Å². The largest absolute Gasteiger partial charge is 0.475 e. The van der Waals surface area contributed by atoms with Gasteiger partial charge >= 0.3 is 6.18 Å². The number of pyridine rings is 2. The molecule has 0 amide bonds. The molecule has 0 bridgehead atoms. The maximum absolute atomic E-state index is 14.8. The zero-order chi connectivity index (χ0) is 28.7. The smallest absolute Gasteiger partial charge is 0.420 e. The third kappa shape index (κ3) is 4.86. The molecule has 10 heteroatoms. The molecule has 5 aromatic rings. The van der Waals surface area contributed by atoms with Crippen LogP contribution in [0.3, 0.4) is 0 Å². The van der Waals surface area contributed by atoms with E-state index in [-0.39, 0.29) is 34.7 Å². The zero-order valence-electron chi connectivity index (χ0n) is 22.3. The first-order valence-corrected chi connectivity index (χ1v) is 12.6. The molecule has 3 heterocycles. The van der Waals surface area contributed by atoms with Gasteiger partial charge in [-0.05, 0) is 56.7 Å². The van der Waals surface area contributed by atoms with Crippen LogP contribution in [-0.4, -0.2) is 31.2 Å². The lowest BCUT2D eigenvalue weighted by Gasteiger charge is -2.30. The van der Waals surface area contributed by atoms with Crippen molar-refractivity contribution in [3.63, 3.8) is 0 Å². The molecule has 2 aromatic carbocycles. The number of aromatic nitrogens is 4. The van der Waals surface area contributed by atoms with E-state index in [1.54, 1.807) is 67.9 Å². The molecule has 0 radical (unpaired) electrons. The van der Waals surface area contributed by atoms with Crippen LogP contribution in [0.4, 0.5) is 13.2 Å². The van der Waals surface area contributed by atoms with E-state index in [4.69, 9.17) is 9.47 Å². The molecule has 0 spiro atoms. The molecule has 5 rings (SSSR count). The quantitative estimate of drug-likeness (QED) is 0.251. The van der Waals surface area contributed by atoms with E-state index in [9.17, 15) is 18.3 Å². The molecule has 1 atom stereocenters. The maximum atomic E-state index is 14.8. The Morgan fingerprint density at radius 2 is 1.68 bits per heavy atom. The van der Waals surface area contributed by atoms with E-state index >= 15 is 0 Å². The molecule has 3 aromatic heterocycles. The van der Waals surface area contributed by atoms with Crippen LogP contribution in [0.2, 0.25) is 0 Å². The van der Waals surface area contributed by atoms with Crippen LogP contribution in [0, 0.1) is 13.8 Å². The van der Waals surface area contributed by atoms with Crippen molar-refractivity contribution in [3.8, 4) is 17.4 Å². The van der Waals surface area contributed by atoms with Crippen molar-refractivity contribution in [1.82, 2.24) is 19.5 Å². The van der Waals surface area contributed by atoms with Gasteiger partial charge < -0.3 is 19.1 Å². The summed E-state index contributed by atoms with van der Waals surface area (Å²) in [6.07, 6.45) is -0.369. The van der Waals surface area contributed by atoms with Gasteiger partial charge in [0.2, 0.25) is 5.75 Å². The third-order valence-corrected chi connectivity index (χ3v) is 6.65. The molecule has 0 saturated carbocycles. The Hall–Kier alpha value is -4.44. The molecule has 1 unspecified atom stereocenters. The van der Waals surface area contributed by atoms with Crippen molar-refractivity contribution in [1.29, 1.82) is 0 Å². The van der Waals surface area contributed by atoms with Crippen molar-refractivity contribution in [3.05, 3.63) is 107 Å². The van der Waals surface area contributed by atoms with Crippen LogP contribution in [0.25, 0.3) is 10.9 Å². The molecule has 40 heavy (non-hydrogen) atoms. The Morgan fingerprint density at radius 1 is 0.950 bits per heavy atom. The van der Waals surface area contributed by atoms with Gasteiger partial charge in [-0.3, -0.25) is 4.98 Å². The molecule has 7 nitrogen and oxygen atoms in total. The van der Waals surface area contributed by atoms with Crippen molar-refractivity contribution >= 4 is 10.9 Å². The van der Waals surface area contributed by atoms with E-state index in [1.807, 2.05) is 6.92 Å². The third-order valence-electron chi connectivity index (χ3n) is 6.65. The van der Waals surface area contributed by atoms with Crippen LogP contribution >= 0.6 is 0 Å². The van der Waals surface area contributed by atoms with E-state index in [0.29, 0.717) is 11.3 Å². The predicted molar refractivity (Wildman–Crippen MR) is 143 cm³/mol. The minimum absolute atomic E-state index is 0.0326. The number of rotatable bonds is 7. The van der Waals surface area contributed by atoms with Crippen LogP contribution in [0.15, 0.2) is 73.3 Å². The molecule has 1 N–H and O–H groups in total. The Kier molecular flexibility index (Phi) is 6.97. The van der Waals surface area contributed by atoms with Gasteiger partial charge in [0.15, 0.2) is 5.60 Å². The molecule has 0 aliphatic heterocycles. The topological polar surface area (TPSA) is 82.3 Å². The van der Waals surface area contributed by atoms with Crippen LogP contribution in [0.5, 0.6) is 17.4 Å². The van der Waals surface area contributed by atoms with Crippen LogP contribution in [-0.2, 0) is 18.8 Å². The van der Waals surface area contributed by atoms with Gasteiger partial charge in [-0.2, -0.15) is 13.2 Å². The summed E-state index contributed by atoms with van der Waals surface area (Å²) in [5.74, 6) is -0.629. The first-order chi connectivity index (χ1) is 19.0. The first kappa shape index (κ1) is 27.1. The van der Waals surface area contributed by atoms with E-state index in [2.05, 4.69) is 15.0 Å². The van der Waals surface area contributed by atoms with E-state index in [0.717, 1.165) is 11.3 Å². The molecule has 0 aliphatic rings. The molecular formula is C30H27F3N4O3. The molecule has 0 saturated heterocycles. The number of aryl methyl sites for hydroxylation is 3. The van der Waals surface area contributed by atoms with Crippen LogP contribution in [0.1, 0.15) is 40.6 Å². The SMILES string of the molecule is CCOc1nc2ccc(C(O)(c3ccc(C)nc3)c3cncn3C)cc2c(C(F)(F)F)c1Oc1ccc(C)cc1. The fourth-order valence-electron chi connectivity index (χ4n) is 4.63. The molecule has 0 fully saturated rings. The van der Waals surface area contributed by atoms with Gasteiger partial charge in [0, 0.05) is 29.9 Å². The number of halogens is 3. The second-order valence-electron chi connectivity index (χ2n) is 9.49. The predicted octanol–water partition coefficient (Wildman–Crippen LogP) is 6.47. The highest BCUT2D eigenvalue weighted by Crippen LogP contribution is 2.48. The first-order valence-electron chi connectivity index (χ1n) is 12.6. The molecule has 206 valence electrons. The lowest BCUT2D eigenvalue weighted by Crippen LogP contribution is -2.31. The number of imidazole rings is 1. The second kappa shape index (κ2) is 10.3. The highest BCUT2D eigenvalue weighted by molar-refractivity contribution is 5.87. The van der Waals surface area contributed by atoms with Gasteiger partial charge in [-0.15, -0.1) is 0 Å². The summed E-state index contributed by atoms with van der Waals surface area (Å²) in [6, 6.07) is 14.3. The summed E-state index contributed by atoms with van der Waals surface area (Å²) >= 11 is 0.